The lowest BCUT2D eigenvalue weighted by molar-refractivity contribution is 0.155. The smallest absolute Gasteiger partial charge is 0.0615 e. The number of rotatable bonds is 7. The maximum atomic E-state index is 5.18. The second kappa shape index (κ2) is 6.39. The molecule has 1 fully saturated rings. The standard InChI is InChI=1S/C11H23NO/c1-3-5-11(9-13-2)12-8-10-6-4-7-10/h10-12H,3-9H2,1-2H3. The summed E-state index contributed by atoms with van der Waals surface area (Å²) < 4.78 is 5.18. The van der Waals surface area contributed by atoms with Gasteiger partial charge in [0.25, 0.3) is 0 Å². The second-order valence-electron chi connectivity index (χ2n) is 4.15. The van der Waals surface area contributed by atoms with Gasteiger partial charge in [-0.15, -0.1) is 0 Å². The van der Waals surface area contributed by atoms with Gasteiger partial charge in [0, 0.05) is 13.2 Å². The zero-order valence-corrected chi connectivity index (χ0v) is 9.01. The van der Waals surface area contributed by atoms with Gasteiger partial charge in [-0.25, -0.2) is 0 Å². The first-order chi connectivity index (χ1) is 6.36. The predicted molar refractivity (Wildman–Crippen MR) is 55.9 cm³/mol. The van der Waals surface area contributed by atoms with Crippen LogP contribution in [0.25, 0.3) is 0 Å². The van der Waals surface area contributed by atoms with Gasteiger partial charge in [-0.05, 0) is 31.7 Å². The zero-order valence-electron chi connectivity index (χ0n) is 9.01. The Kier molecular flexibility index (Phi) is 5.40. The molecule has 78 valence electrons. The molecular formula is C11H23NO. The fourth-order valence-corrected chi connectivity index (χ4v) is 1.82. The normalized spacial score (nSPS) is 19.8. The van der Waals surface area contributed by atoms with Gasteiger partial charge in [0.2, 0.25) is 0 Å². The molecule has 1 N–H and O–H groups in total. The third kappa shape index (κ3) is 4.10. The molecule has 1 unspecified atom stereocenters. The van der Waals surface area contributed by atoms with Gasteiger partial charge in [-0.3, -0.25) is 0 Å². The van der Waals surface area contributed by atoms with Gasteiger partial charge >= 0.3 is 0 Å². The maximum Gasteiger partial charge on any atom is 0.0615 e. The van der Waals surface area contributed by atoms with Crippen molar-refractivity contribution in [2.45, 2.75) is 45.1 Å². The molecule has 0 saturated heterocycles. The lowest BCUT2D eigenvalue weighted by atomic mass is 9.85. The number of hydrogen-bond acceptors (Lipinski definition) is 2. The molecule has 0 bridgehead atoms. The van der Waals surface area contributed by atoms with E-state index in [2.05, 4.69) is 12.2 Å². The van der Waals surface area contributed by atoms with Gasteiger partial charge in [0.05, 0.1) is 6.61 Å². The Morgan fingerprint density at radius 2 is 2.23 bits per heavy atom. The van der Waals surface area contributed by atoms with Crippen molar-refractivity contribution >= 4 is 0 Å². The fourth-order valence-electron chi connectivity index (χ4n) is 1.82. The van der Waals surface area contributed by atoms with Crippen molar-refractivity contribution < 1.29 is 4.74 Å². The van der Waals surface area contributed by atoms with Crippen LogP contribution in [0.3, 0.4) is 0 Å². The fraction of sp³-hybridized carbons (Fsp3) is 1.00. The Morgan fingerprint density at radius 1 is 1.46 bits per heavy atom. The summed E-state index contributed by atoms with van der Waals surface area (Å²) in [5.41, 5.74) is 0. The minimum atomic E-state index is 0.579. The average molecular weight is 185 g/mol. The molecule has 0 aromatic rings. The molecule has 0 spiro atoms. The molecule has 1 saturated carbocycles. The van der Waals surface area contributed by atoms with Crippen LogP contribution in [0, 0.1) is 5.92 Å². The Morgan fingerprint density at radius 3 is 2.69 bits per heavy atom. The third-order valence-corrected chi connectivity index (χ3v) is 2.92. The van der Waals surface area contributed by atoms with Crippen molar-refractivity contribution in [3.63, 3.8) is 0 Å². The summed E-state index contributed by atoms with van der Waals surface area (Å²) in [6.07, 6.45) is 6.78. The van der Waals surface area contributed by atoms with Crippen molar-refractivity contribution in [3.05, 3.63) is 0 Å². The van der Waals surface area contributed by atoms with E-state index in [9.17, 15) is 0 Å². The van der Waals surface area contributed by atoms with Crippen molar-refractivity contribution in [2.75, 3.05) is 20.3 Å². The van der Waals surface area contributed by atoms with Crippen LogP contribution in [0.4, 0.5) is 0 Å². The van der Waals surface area contributed by atoms with Crippen molar-refractivity contribution in [3.8, 4) is 0 Å². The predicted octanol–water partition coefficient (Wildman–Crippen LogP) is 2.19. The summed E-state index contributed by atoms with van der Waals surface area (Å²) >= 11 is 0. The van der Waals surface area contributed by atoms with Gasteiger partial charge in [-0.2, -0.15) is 0 Å². The van der Waals surface area contributed by atoms with E-state index < -0.39 is 0 Å². The molecular weight excluding hydrogens is 162 g/mol. The zero-order chi connectivity index (χ0) is 9.52. The quantitative estimate of drug-likeness (QED) is 0.656. The van der Waals surface area contributed by atoms with Crippen LogP contribution < -0.4 is 5.32 Å². The largest absolute Gasteiger partial charge is 0.383 e. The highest BCUT2D eigenvalue weighted by Gasteiger charge is 2.18. The molecule has 0 aliphatic heterocycles. The summed E-state index contributed by atoms with van der Waals surface area (Å²) in [4.78, 5) is 0. The number of nitrogens with one attached hydrogen (secondary N) is 1. The van der Waals surface area contributed by atoms with Gasteiger partial charge in [0.1, 0.15) is 0 Å². The molecule has 0 aromatic heterocycles. The molecule has 13 heavy (non-hydrogen) atoms. The number of hydrogen-bond donors (Lipinski definition) is 1. The Balaban J connectivity index is 2.05. The lowest BCUT2D eigenvalue weighted by Gasteiger charge is -2.28. The molecule has 0 radical (unpaired) electrons. The minimum absolute atomic E-state index is 0.579. The van der Waals surface area contributed by atoms with Crippen molar-refractivity contribution in [1.29, 1.82) is 0 Å². The topological polar surface area (TPSA) is 21.3 Å². The Bertz CT molecular complexity index is 117. The number of methoxy groups -OCH3 is 1. The van der Waals surface area contributed by atoms with E-state index in [1.54, 1.807) is 7.11 Å². The highest BCUT2D eigenvalue weighted by Crippen LogP contribution is 2.25. The number of ether oxygens (including phenoxy) is 1. The van der Waals surface area contributed by atoms with Crippen LogP contribution >= 0.6 is 0 Å². The first kappa shape index (κ1) is 11.0. The summed E-state index contributed by atoms with van der Waals surface area (Å²) in [5, 5.41) is 3.60. The van der Waals surface area contributed by atoms with Gasteiger partial charge < -0.3 is 10.1 Å². The van der Waals surface area contributed by atoms with Crippen LogP contribution in [-0.2, 0) is 4.74 Å². The van der Waals surface area contributed by atoms with E-state index in [4.69, 9.17) is 4.74 Å². The van der Waals surface area contributed by atoms with E-state index in [0.29, 0.717) is 6.04 Å². The maximum absolute atomic E-state index is 5.18. The van der Waals surface area contributed by atoms with Crippen LogP contribution in [0.2, 0.25) is 0 Å². The molecule has 1 rings (SSSR count). The molecule has 0 amide bonds. The first-order valence-corrected chi connectivity index (χ1v) is 5.59. The van der Waals surface area contributed by atoms with E-state index in [0.717, 1.165) is 12.5 Å². The molecule has 2 nitrogen and oxygen atoms in total. The molecule has 1 aliphatic rings. The first-order valence-electron chi connectivity index (χ1n) is 5.59. The van der Waals surface area contributed by atoms with E-state index >= 15 is 0 Å². The van der Waals surface area contributed by atoms with Crippen molar-refractivity contribution in [2.24, 2.45) is 5.92 Å². The molecule has 2 heteroatoms. The molecule has 1 aliphatic carbocycles. The summed E-state index contributed by atoms with van der Waals surface area (Å²) in [6.45, 7) is 4.29. The van der Waals surface area contributed by atoms with E-state index in [1.165, 1.54) is 38.6 Å². The lowest BCUT2D eigenvalue weighted by Crippen LogP contribution is -2.38. The van der Waals surface area contributed by atoms with Gasteiger partial charge in [0.15, 0.2) is 0 Å². The molecule has 1 atom stereocenters. The van der Waals surface area contributed by atoms with E-state index in [-0.39, 0.29) is 0 Å². The minimum Gasteiger partial charge on any atom is -0.383 e. The molecule has 0 aromatic carbocycles. The monoisotopic (exact) mass is 185 g/mol. The summed E-state index contributed by atoms with van der Waals surface area (Å²) in [5.74, 6) is 0.955. The van der Waals surface area contributed by atoms with Crippen LogP contribution in [0.5, 0.6) is 0 Å². The van der Waals surface area contributed by atoms with Crippen LogP contribution in [0.15, 0.2) is 0 Å². The average Bonchev–Trinajstić information content (AvgIpc) is 2.02. The summed E-state index contributed by atoms with van der Waals surface area (Å²) in [7, 11) is 1.79. The van der Waals surface area contributed by atoms with Crippen molar-refractivity contribution in [1.82, 2.24) is 5.32 Å². The van der Waals surface area contributed by atoms with Crippen LogP contribution in [-0.4, -0.2) is 26.3 Å². The Labute approximate surface area is 82.0 Å². The Hall–Kier alpha value is -0.0800. The summed E-state index contributed by atoms with van der Waals surface area (Å²) in [6, 6.07) is 0.579. The third-order valence-electron chi connectivity index (χ3n) is 2.92. The highest BCUT2D eigenvalue weighted by molar-refractivity contribution is 4.74. The molecule has 0 heterocycles. The van der Waals surface area contributed by atoms with Crippen LogP contribution in [0.1, 0.15) is 39.0 Å². The second-order valence-corrected chi connectivity index (χ2v) is 4.15. The van der Waals surface area contributed by atoms with E-state index in [1.807, 2.05) is 0 Å². The highest BCUT2D eigenvalue weighted by atomic mass is 16.5. The SMILES string of the molecule is CCCC(COC)NCC1CCC1. The van der Waals surface area contributed by atoms with Gasteiger partial charge in [-0.1, -0.05) is 19.8 Å².